The van der Waals surface area contributed by atoms with Crippen molar-refractivity contribution in [1.82, 2.24) is 10.6 Å². The quantitative estimate of drug-likeness (QED) is 0.491. The number of hydrogen-bond acceptors (Lipinski definition) is 2. The zero-order valence-electron chi connectivity index (χ0n) is 12.3. The molecule has 0 bridgehead atoms. The second-order valence-electron chi connectivity index (χ2n) is 5.82. The molecule has 0 aromatic heterocycles. The number of carboxylic acids is 1. The summed E-state index contributed by atoms with van der Waals surface area (Å²) in [4.78, 5) is 22.4. The Bertz CT molecular complexity index is 319. The molecule has 1 atom stereocenters. The summed E-state index contributed by atoms with van der Waals surface area (Å²) in [6.45, 7) is 8.53. The Morgan fingerprint density at radius 3 is 2.42 bits per heavy atom. The Morgan fingerprint density at radius 1 is 1.32 bits per heavy atom. The maximum Gasteiger partial charge on any atom is 0.315 e. The molecule has 19 heavy (non-hydrogen) atoms. The minimum atomic E-state index is -0.900. The van der Waals surface area contributed by atoms with Crippen LogP contribution < -0.4 is 10.6 Å². The average molecular weight is 270 g/mol. The third-order valence-corrected chi connectivity index (χ3v) is 2.45. The van der Waals surface area contributed by atoms with Crippen LogP contribution in [-0.4, -0.2) is 29.7 Å². The van der Waals surface area contributed by atoms with E-state index in [1.165, 1.54) is 0 Å². The molecule has 2 amide bonds. The minimum absolute atomic E-state index is 0.0294. The molecule has 0 spiro atoms. The summed E-state index contributed by atoms with van der Waals surface area (Å²) in [7, 11) is 0. The fraction of sp³-hybridized carbons (Fsp3) is 0.714. The van der Waals surface area contributed by atoms with Crippen LogP contribution in [0, 0.1) is 5.41 Å². The molecule has 0 saturated heterocycles. The molecule has 5 heteroatoms. The number of nitrogens with one attached hydrogen (secondary N) is 2. The van der Waals surface area contributed by atoms with Crippen molar-refractivity contribution in [2.75, 3.05) is 6.54 Å². The maximum atomic E-state index is 11.6. The minimum Gasteiger partial charge on any atom is -0.481 e. The van der Waals surface area contributed by atoms with E-state index in [4.69, 9.17) is 5.11 Å². The lowest BCUT2D eigenvalue weighted by molar-refractivity contribution is -0.137. The van der Waals surface area contributed by atoms with Crippen LogP contribution in [-0.2, 0) is 4.79 Å². The maximum absolute atomic E-state index is 11.6. The first-order chi connectivity index (χ1) is 8.74. The first-order valence-electron chi connectivity index (χ1n) is 6.62. The first-order valence-corrected chi connectivity index (χ1v) is 6.62. The van der Waals surface area contributed by atoms with E-state index in [0.29, 0.717) is 13.0 Å². The van der Waals surface area contributed by atoms with Crippen LogP contribution in [0.2, 0.25) is 0 Å². The third-order valence-electron chi connectivity index (χ3n) is 2.45. The van der Waals surface area contributed by atoms with Crippen LogP contribution in [0.1, 0.15) is 47.0 Å². The summed E-state index contributed by atoms with van der Waals surface area (Å²) in [6, 6.07) is -0.653. The van der Waals surface area contributed by atoms with Crippen LogP contribution in [0.15, 0.2) is 12.2 Å². The van der Waals surface area contributed by atoms with Gasteiger partial charge in [-0.2, -0.15) is 0 Å². The third kappa shape index (κ3) is 11.3. The normalized spacial score (nSPS) is 13.3. The van der Waals surface area contributed by atoms with Gasteiger partial charge in [0.05, 0.1) is 6.42 Å². The van der Waals surface area contributed by atoms with Gasteiger partial charge in [-0.05, 0) is 25.2 Å². The van der Waals surface area contributed by atoms with Crippen LogP contribution in [0.3, 0.4) is 0 Å². The summed E-state index contributed by atoms with van der Waals surface area (Å²) in [5, 5.41) is 14.3. The van der Waals surface area contributed by atoms with Gasteiger partial charge >= 0.3 is 12.0 Å². The molecule has 0 saturated carbocycles. The number of carbonyl (C=O) groups is 2. The van der Waals surface area contributed by atoms with Gasteiger partial charge in [0.25, 0.3) is 0 Å². The van der Waals surface area contributed by atoms with Gasteiger partial charge in [-0.25, -0.2) is 4.79 Å². The molecule has 0 fully saturated rings. The molecule has 0 aliphatic rings. The van der Waals surface area contributed by atoms with E-state index >= 15 is 0 Å². The van der Waals surface area contributed by atoms with Crippen molar-refractivity contribution in [3.8, 4) is 0 Å². The molecule has 3 N–H and O–H groups in total. The molecule has 0 rings (SSSR count). The van der Waals surface area contributed by atoms with Gasteiger partial charge in [0.1, 0.15) is 0 Å². The molecule has 0 aliphatic heterocycles. The van der Waals surface area contributed by atoms with Crippen LogP contribution in [0.5, 0.6) is 0 Å². The Kier molecular flexibility index (Phi) is 7.87. The van der Waals surface area contributed by atoms with Gasteiger partial charge in [-0.1, -0.05) is 32.9 Å². The van der Waals surface area contributed by atoms with Crippen molar-refractivity contribution >= 4 is 12.0 Å². The van der Waals surface area contributed by atoms with E-state index in [1.54, 1.807) is 0 Å². The number of allylic oxidation sites excluding steroid dienone is 1. The molecule has 110 valence electrons. The Labute approximate surface area is 115 Å². The Hall–Kier alpha value is -1.52. The van der Waals surface area contributed by atoms with Gasteiger partial charge in [0, 0.05) is 12.6 Å². The van der Waals surface area contributed by atoms with E-state index in [2.05, 4.69) is 10.6 Å². The highest BCUT2D eigenvalue weighted by Gasteiger charge is 2.22. The van der Waals surface area contributed by atoms with Crippen molar-refractivity contribution in [3.63, 3.8) is 0 Å². The van der Waals surface area contributed by atoms with Gasteiger partial charge in [0.15, 0.2) is 0 Å². The number of urea groups is 1. The van der Waals surface area contributed by atoms with Crippen molar-refractivity contribution < 1.29 is 14.7 Å². The lowest BCUT2D eigenvalue weighted by Crippen LogP contribution is -2.44. The monoisotopic (exact) mass is 270 g/mol. The zero-order valence-corrected chi connectivity index (χ0v) is 12.3. The van der Waals surface area contributed by atoms with Crippen molar-refractivity contribution in [2.45, 2.75) is 53.0 Å². The van der Waals surface area contributed by atoms with Gasteiger partial charge in [-0.15, -0.1) is 0 Å². The van der Waals surface area contributed by atoms with Crippen LogP contribution in [0.4, 0.5) is 4.79 Å². The van der Waals surface area contributed by atoms with E-state index in [9.17, 15) is 9.59 Å². The zero-order chi connectivity index (χ0) is 14.9. The molecule has 0 aliphatic carbocycles. The van der Waals surface area contributed by atoms with Gasteiger partial charge in [0.2, 0.25) is 0 Å². The predicted molar refractivity (Wildman–Crippen MR) is 76.1 cm³/mol. The SMILES string of the molecule is C/C=C/CCNC(=O)NC(CC(=O)O)CC(C)(C)C. The van der Waals surface area contributed by atoms with Gasteiger partial charge in [-0.3, -0.25) is 4.79 Å². The number of hydrogen-bond donors (Lipinski definition) is 3. The number of carboxylic acid groups (broad SMARTS) is 1. The first kappa shape index (κ1) is 17.5. The topological polar surface area (TPSA) is 78.4 Å². The van der Waals surface area contributed by atoms with Crippen molar-refractivity contribution in [3.05, 3.63) is 12.2 Å². The van der Waals surface area contributed by atoms with E-state index < -0.39 is 5.97 Å². The highest BCUT2D eigenvalue weighted by Crippen LogP contribution is 2.22. The Balaban J connectivity index is 4.22. The molecular formula is C14H26N2O3. The molecule has 0 aromatic rings. The smallest absolute Gasteiger partial charge is 0.315 e. The molecule has 0 heterocycles. The number of carbonyl (C=O) groups excluding carboxylic acids is 1. The van der Waals surface area contributed by atoms with E-state index in [-0.39, 0.29) is 23.9 Å². The molecular weight excluding hydrogens is 244 g/mol. The lowest BCUT2D eigenvalue weighted by Gasteiger charge is -2.25. The second-order valence-corrected chi connectivity index (χ2v) is 5.82. The number of aliphatic carboxylic acids is 1. The summed E-state index contributed by atoms with van der Waals surface area (Å²) in [6.07, 6.45) is 5.23. The van der Waals surface area contributed by atoms with Crippen LogP contribution >= 0.6 is 0 Å². The highest BCUT2D eigenvalue weighted by atomic mass is 16.4. The second kappa shape index (κ2) is 8.56. The van der Waals surface area contributed by atoms with Gasteiger partial charge < -0.3 is 15.7 Å². The fourth-order valence-corrected chi connectivity index (χ4v) is 1.80. The fourth-order valence-electron chi connectivity index (χ4n) is 1.80. The molecule has 0 radical (unpaired) electrons. The largest absolute Gasteiger partial charge is 0.481 e. The van der Waals surface area contributed by atoms with E-state index in [1.807, 2.05) is 39.8 Å². The summed E-state index contributed by atoms with van der Waals surface area (Å²) in [5.41, 5.74) is -0.0294. The highest BCUT2D eigenvalue weighted by molar-refractivity contribution is 5.75. The summed E-state index contributed by atoms with van der Waals surface area (Å²) in [5.74, 6) is -0.900. The van der Waals surface area contributed by atoms with Crippen molar-refractivity contribution in [2.24, 2.45) is 5.41 Å². The molecule has 5 nitrogen and oxygen atoms in total. The molecule has 0 aromatic carbocycles. The summed E-state index contributed by atoms with van der Waals surface area (Å²) < 4.78 is 0. The average Bonchev–Trinajstić information content (AvgIpc) is 2.20. The molecule has 1 unspecified atom stereocenters. The van der Waals surface area contributed by atoms with Crippen LogP contribution in [0.25, 0.3) is 0 Å². The van der Waals surface area contributed by atoms with Crippen molar-refractivity contribution in [1.29, 1.82) is 0 Å². The predicted octanol–water partition coefficient (Wildman–Crippen LogP) is 2.53. The summed E-state index contributed by atoms with van der Waals surface area (Å²) >= 11 is 0. The number of amides is 2. The number of rotatable bonds is 7. The van der Waals surface area contributed by atoms with E-state index in [0.717, 1.165) is 6.42 Å². The lowest BCUT2D eigenvalue weighted by atomic mass is 9.87. The standard InChI is InChI=1S/C14H26N2O3/c1-5-6-7-8-15-13(19)16-11(9-12(17)18)10-14(2,3)4/h5-6,11H,7-10H2,1-4H3,(H,17,18)(H2,15,16,19)/b6-5+. The Morgan fingerprint density at radius 2 is 1.95 bits per heavy atom.